The molecule has 12 heteroatoms. The fourth-order valence-electron chi connectivity index (χ4n) is 6.68. The van der Waals surface area contributed by atoms with Gasteiger partial charge in [0.15, 0.2) is 17.6 Å². The van der Waals surface area contributed by atoms with Crippen molar-refractivity contribution in [1.82, 2.24) is 34.7 Å². The maximum atomic E-state index is 12.7. The lowest BCUT2D eigenvalue weighted by Gasteiger charge is -2.13. The Morgan fingerprint density at radius 3 is 2.62 bits per heavy atom. The molecule has 0 saturated carbocycles. The average Bonchev–Trinajstić information content (AvgIpc) is 3.78. The molecule has 0 bridgehead atoms. The van der Waals surface area contributed by atoms with Crippen molar-refractivity contribution in [3.63, 3.8) is 0 Å². The zero-order valence-electron chi connectivity index (χ0n) is 25.4. The number of aryl methyl sites for hydroxylation is 1. The van der Waals surface area contributed by atoms with Gasteiger partial charge in [0.1, 0.15) is 11.5 Å². The van der Waals surface area contributed by atoms with E-state index in [1.54, 1.807) is 0 Å². The molecule has 0 spiro atoms. The number of benzene rings is 4. The zero-order valence-corrected chi connectivity index (χ0v) is 25.4. The van der Waals surface area contributed by atoms with E-state index in [2.05, 4.69) is 91.8 Å². The largest absolute Gasteiger partial charge is 0.394 e. The minimum absolute atomic E-state index is 0.0618. The molecule has 1 aliphatic rings. The number of aliphatic hydroxyl groups excluding tert-OH is 2. The number of hydrogen-bond acceptors (Lipinski definition) is 9. The van der Waals surface area contributed by atoms with Crippen molar-refractivity contribution >= 4 is 49.3 Å². The van der Waals surface area contributed by atoms with Crippen molar-refractivity contribution in [2.75, 3.05) is 12.3 Å². The van der Waals surface area contributed by atoms with Crippen molar-refractivity contribution in [3.8, 4) is 11.8 Å². The lowest BCUT2D eigenvalue weighted by Crippen LogP contribution is -2.24. The Kier molecular flexibility index (Phi) is 7.29. The van der Waals surface area contributed by atoms with Gasteiger partial charge in [-0.1, -0.05) is 65.7 Å². The second kappa shape index (κ2) is 11.8. The molecule has 1 aliphatic heterocycles. The van der Waals surface area contributed by atoms with Crippen LogP contribution in [0.4, 0.5) is 5.95 Å². The molecule has 3 atom stereocenters. The van der Waals surface area contributed by atoms with Crippen molar-refractivity contribution in [2.45, 2.75) is 57.1 Å². The Labute approximate surface area is 268 Å². The van der Waals surface area contributed by atoms with Crippen molar-refractivity contribution in [1.29, 1.82) is 0 Å². The number of unbranched alkanes of at least 4 members (excludes halogenated alkanes) is 2. The molecule has 3 aromatic heterocycles. The number of hydrogen-bond donors (Lipinski definition) is 4. The van der Waals surface area contributed by atoms with Gasteiger partial charge in [-0.05, 0) is 63.1 Å². The topological polar surface area (TPSA) is 170 Å². The van der Waals surface area contributed by atoms with Gasteiger partial charge in [0.2, 0.25) is 5.95 Å². The van der Waals surface area contributed by atoms with Gasteiger partial charge in [0, 0.05) is 19.0 Å². The molecule has 7 aromatic rings. The standard InChI is InChI=1S/C35H32N8O4/c36-35-37-33-32(34(46)38-35)26(40-43(33)29-16-27(45)28(19-44)47-29)9-4-2-1-3-8-24-18-42(41-39-24)17-23-13-12-22-11-10-20-6-5-7-21-14-15-25(23)31(22)30(20)21/h5-7,10-15,18,27-29,44-45H,1-3,8,16-17,19H2,(H3,36,37,38,46)/t27-,28+,29+/m0/s1. The number of fused-ring (bicyclic) bond motifs is 1. The van der Waals surface area contributed by atoms with Gasteiger partial charge in [-0.2, -0.15) is 10.1 Å². The average molecular weight is 629 g/mol. The molecule has 1 saturated heterocycles. The highest BCUT2D eigenvalue weighted by atomic mass is 16.5. The SMILES string of the molecule is Nc1nc2c(c(C#CCCCCc3cn(Cc4ccc5ccc6cccc7ccc4c5c67)nn3)nn2[C@H]2C[C@H](O)[C@@H](CO)O2)c(=O)[nH]1. The Morgan fingerprint density at radius 2 is 1.81 bits per heavy atom. The van der Waals surface area contributed by atoms with E-state index in [-0.39, 0.29) is 35.7 Å². The van der Waals surface area contributed by atoms with Gasteiger partial charge in [-0.3, -0.25) is 9.78 Å². The smallest absolute Gasteiger partial charge is 0.264 e. The predicted molar refractivity (Wildman–Crippen MR) is 178 cm³/mol. The molecule has 4 aromatic carbocycles. The molecule has 0 aliphatic carbocycles. The molecular weight excluding hydrogens is 596 g/mol. The summed E-state index contributed by atoms with van der Waals surface area (Å²) in [5, 5.41) is 40.8. The van der Waals surface area contributed by atoms with Crippen LogP contribution >= 0.6 is 0 Å². The number of nitrogen functional groups attached to an aromatic ring is 1. The Morgan fingerprint density at radius 1 is 1.02 bits per heavy atom. The van der Waals surface area contributed by atoms with E-state index in [4.69, 9.17) is 10.5 Å². The van der Waals surface area contributed by atoms with Crippen molar-refractivity contribution in [3.05, 3.63) is 88.1 Å². The Hall–Kier alpha value is -5.35. The van der Waals surface area contributed by atoms with E-state index in [9.17, 15) is 15.0 Å². The molecule has 4 heterocycles. The summed E-state index contributed by atoms with van der Waals surface area (Å²) < 4.78 is 9.05. The highest BCUT2D eigenvalue weighted by Gasteiger charge is 2.36. The van der Waals surface area contributed by atoms with Crippen LogP contribution in [0.15, 0.2) is 65.6 Å². The van der Waals surface area contributed by atoms with Gasteiger partial charge in [-0.15, -0.1) is 5.10 Å². The number of nitrogens with one attached hydrogen (secondary N) is 1. The summed E-state index contributed by atoms with van der Waals surface area (Å²) in [6, 6.07) is 19.6. The number of aromatic amines is 1. The highest BCUT2D eigenvalue weighted by molar-refractivity contribution is 6.23. The van der Waals surface area contributed by atoms with Crippen LogP contribution in [0, 0.1) is 11.8 Å². The maximum absolute atomic E-state index is 12.7. The molecule has 236 valence electrons. The summed E-state index contributed by atoms with van der Waals surface area (Å²) in [5.41, 5.74) is 7.95. The quantitative estimate of drug-likeness (QED) is 0.111. The minimum Gasteiger partial charge on any atom is -0.394 e. The molecule has 0 amide bonds. The summed E-state index contributed by atoms with van der Waals surface area (Å²) in [5.74, 6) is 6.07. The first-order valence-electron chi connectivity index (χ1n) is 15.7. The van der Waals surface area contributed by atoms with Crippen LogP contribution in [0.1, 0.15) is 48.9 Å². The van der Waals surface area contributed by atoms with E-state index in [1.165, 1.54) is 42.6 Å². The second-order valence-corrected chi connectivity index (χ2v) is 12.1. The van der Waals surface area contributed by atoms with E-state index >= 15 is 0 Å². The fraction of sp³-hybridized carbons (Fsp3) is 0.286. The molecule has 0 radical (unpaired) electrons. The molecular formula is C35H32N8O4. The molecule has 0 unspecified atom stereocenters. The summed E-state index contributed by atoms with van der Waals surface area (Å²) in [7, 11) is 0. The van der Waals surface area contributed by atoms with Gasteiger partial charge in [0.05, 0.1) is 24.9 Å². The number of aliphatic hydroxyl groups is 2. The number of nitrogens with zero attached hydrogens (tertiary/aromatic N) is 6. The van der Waals surface area contributed by atoms with E-state index in [0.717, 1.165) is 25.0 Å². The normalized spacial score (nSPS) is 18.1. The summed E-state index contributed by atoms with van der Waals surface area (Å²) in [6.45, 7) is 0.301. The Bertz CT molecular complexity index is 2370. The van der Waals surface area contributed by atoms with Crippen molar-refractivity contribution in [2.24, 2.45) is 0 Å². The monoisotopic (exact) mass is 628 g/mol. The first-order valence-corrected chi connectivity index (χ1v) is 15.7. The number of ether oxygens (including phenoxy) is 1. The van der Waals surface area contributed by atoms with E-state index in [1.807, 2.05) is 10.9 Å². The number of H-pyrrole nitrogens is 1. The van der Waals surface area contributed by atoms with Crippen LogP contribution < -0.4 is 11.3 Å². The number of anilines is 1. The molecule has 8 rings (SSSR count). The van der Waals surface area contributed by atoms with E-state index in [0.29, 0.717) is 13.0 Å². The van der Waals surface area contributed by atoms with Crippen LogP contribution in [-0.2, 0) is 17.7 Å². The third kappa shape index (κ3) is 5.24. The first kappa shape index (κ1) is 29.1. The van der Waals surface area contributed by atoms with Crippen LogP contribution in [0.3, 0.4) is 0 Å². The minimum atomic E-state index is -0.868. The molecule has 5 N–H and O–H groups in total. The van der Waals surface area contributed by atoms with Crippen LogP contribution in [0.2, 0.25) is 0 Å². The second-order valence-electron chi connectivity index (χ2n) is 12.1. The molecule has 12 nitrogen and oxygen atoms in total. The van der Waals surface area contributed by atoms with E-state index < -0.39 is 24.0 Å². The highest BCUT2D eigenvalue weighted by Crippen LogP contribution is 2.36. The fourth-order valence-corrected chi connectivity index (χ4v) is 6.68. The lowest BCUT2D eigenvalue weighted by atomic mass is 9.92. The van der Waals surface area contributed by atoms with Gasteiger partial charge in [0.25, 0.3) is 5.56 Å². The Balaban J connectivity index is 0.926. The van der Waals surface area contributed by atoms with Gasteiger partial charge in [-0.25, -0.2) is 9.36 Å². The van der Waals surface area contributed by atoms with Crippen LogP contribution in [0.25, 0.3) is 43.4 Å². The summed E-state index contributed by atoms with van der Waals surface area (Å²) >= 11 is 0. The van der Waals surface area contributed by atoms with Crippen molar-refractivity contribution < 1.29 is 14.9 Å². The number of aromatic nitrogens is 7. The first-order chi connectivity index (χ1) is 23.0. The molecule has 47 heavy (non-hydrogen) atoms. The summed E-state index contributed by atoms with van der Waals surface area (Å²) in [4.78, 5) is 19.5. The third-order valence-corrected chi connectivity index (χ3v) is 8.97. The molecule has 1 fully saturated rings. The van der Waals surface area contributed by atoms with Crippen LogP contribution in [-0.4, -0.2) is 63.8 Å². The number of nitrogens with two attached hydrogens (primary N) is 1. The van der Waals surface area contributed by atoms with Crippen LogP contribution in [0.5, 0.6) is 0 Å². The lowest BCUT2D eigenvalue weighted by molar-refractivity contribution is -0.0470. The summed E-state index contributed by atoms with van der Waals surface area (Å²) in [6.07, 6.45) is 2.93. The third-order valence-electron chi connectivity index (χ3n) is 8.97. The number of rotatable bonds is 8. The predicted octanol–water partition coefficient (Wildman–Crippen LogP) is 3.64. The maximum Gasteiger partial charge on any atom is 0.264 e. The van der Waals surface area contributed by atoms with Gasteiger partial charge < -0.3 is 20.7 Å². The van der Waals surface area contributed by atoms with Gasteiger partial charge >= 0.3 is 0 Å². The zero-order chi connectivity index (χ0) is 32.1.